The molecule has 13 nitrogen and oxygen atoms in total. The number of carbonyl (C=O) groups excluding carboxylic acids is 3. The molecule has 4 heterocycles. The smallest absolute Gasteiger partial charge is 0.328 e. The number of amides is 4. The Bertz CT molecular complexity index is 1350. The van der Waals surface area contributed by atoms with Gasteiger partial charge >= 0.3 is 6.03 Å². The molecule has 3 aromatic rings. The van der Waals surface area contributed by atoms with Crippen molar-refractivity contribution in [2.45, 2.75) is 18.4 Å². The molecule has 0 bridgehead atoms. The lowest BCUT2D eigenvalue weighted by Gasteiger charge is -2.45. The number of imide groups is 2. The van der Waals surface area contributed by atoms with Crippen LogP contribution in [-0.4, -0.2) is 52.7 Å². The quantitative estimate of drug-likeness (QED) is 0.508. The molecule has 34 heavy (non-hydrogen) atoms. The van der Waals surface area contributed by atoms with Crippen LogP contribution in [0.25, 0.3) is 11.5 Å². The zero-order valence-corrected chi connectivity index (χ0v) is 18.1. The van der Waals surface area contributed by atoms with Gasteiger partial charge in [0.05, 0.1) is 17.6 Å². The molecule has 0 radical (unpaired) electrons. The Balaban J connectivity index is 1.42. The van der Waals surface area contributed by atoms with Crippen LogP contribution >= 0.6 is 0 Å². The number of sulfonamides is 1. The van der Waals surface area contributed by atoms with E-state index in [1.807, 2.05) is 10.6 Å². The summed E-state index contributed by atoms with van der Waals surface area (Å²) >= 11 is 0. The summed E-state index contributed by atoms with van der Waals surface area (Å²) < 4.78 is 37.4. The average molecular weight is 484 g/mol. The van der Waals surface area contributed by atoms with Crippen LogP contribution in [0, 0.1) is 0 Å². The Kier molecular flexibility index (Phi) is 5.01. The van der Waals surface area contributed by atoms with Gasteiger partial charge in [-0.05, 0) is 43.2 Å². The fraction of sp³-hybridized carbons (Fsp3) is 0.200. The zero-order valence-electron chi connectivity index (χ0n) is 17.3. The van der Waals surface area contributed by atoms with E-state index in [0.717, 1.165) is 4.31 Å². The number of benzene rings is 1. The summed E-state index contributed by atoms with van der Waals surface area (Å²) in [5.41, 5.74) is -1.45. The van der Waals surface area contributed by atoms with Gasteiger partial charge in [0.25, 0.3) is 11.8 Å². The Morgan fingerprint density at radius 1 is 1.03 bits per heavy atom. The monoisotopic (exact) mass is 484 g/mol. The number of nitrogens with one attached hydrogen (secondary N) is 2. The van der Waals surface area contributed by atoms with Crippen molar-refractivity contribution < 1.29 is 32.0 Å². The summed E-state index contributed by atoms with van der Waals surface area (Å²) in [5.74, 6) is -1.35. The highest BCUT2D eigenvalue weighted by molar-refractivity contribution is 7.93. The number of urea groups is 1. The van der Waals surface area contributed by atoms with E-state index in [2.05, 4.69) is 15.2 Å². The number of barbiturate groups is 1. The molecular weight excluding hydrogens is 468 g/mol. The number of carbonyl (C=O) groups is 3. The van der Waals surface area contributed by atoms with Crippen molar-refractivity contribution in [3.05, 3.63) is 49.0 Å². The van der Waals surface area contributed by atoms with Gasteiger partial charge in [-0.2, -0.15) is 0 Å². The highest BCUT2D eigenvalue weighted by atomic mass is 32.2. The van der Waals surface area contributed by atoms with Crippen LogP contribution in [0.4, 0.5) is 10.5 Å². The zero-order chi connectivity index (χ0) is 23.9. The van der Waals surface area contributed by atoms with Crippen LogP contribution in [-0.2, 0) is 19.6 Å². The van der Waals surface area contributed by atoms with Crippen LogP contribution in [0.15, 0.2) is 53.4 Å². The molecule has 0 unspecified atom stereocenters. The van der Waals surface area contributed by atoms with E-state index in [0.29, 0.717) is 17.2 Å². The minimum Gasteiger partial charge on any atom is -0.439 e. The highest BCUT2D eigenvalue weighted by Gasteiger charge is 2.60. The minimum absolute atomic E-state index is 0.0153. The molecule has 5 rings (SSSR count). The van der Waals surface area contributed by atoms with Gasteiger partial charge in [0, 0.05) is 11.6 Å². The van der Waals surface area contributed by atoms with Crippen molar-refractivity contribution >= 4 is 33.6 Å². The normalized spacial score (nSPS) is 18.9. The highest BCUT2D eigenvalue weighted by Crippen LogP contribution is 2.38. The lowest BCUT2D eigenvalue weighted by molar-refractivity contribution is -0.137. The van der Waals surface area contributed by atoms with Crippen molar-refractivity contribution in [3.63, 3.8) is 0 Å². The number of rotatable bonds is 4. The molecule has 2 fully saturated rings. The number of nitrogens with zero attached hydrogens (tertiary/aromatic N) is 4. The number of pyridine rings is 1. The number of hydrogen-bond donors (Lipinski definition) is 2. The molecule has 0 atom stereocenters. The molecule has 1 aromatic carbocycles. The Hall–Kier alpha value is -4.33. The number of ether oxygens (including phenoxy) is 1. The molecule has 2 aliphatic heterocycles. The Morgan fingerprint density at radius 3 is 2.38 bits per heavy atom. The van der Waals surface area contributed by atoms with Gasteiger partial charge in [0.2, 0.25) is 33.7 Å². The van der Waals surface area contributed by atoms with Gasteiger partial charge in [-0.1, -0.05) is 0 Å². The van der Waals surface area contributed by atoms with E-state index in [-0.39, 0.29) is 30.2 Å². The topological polar surface area (TPSA) is 174 Å². The first-order valence-corrected chi connectivity index (χ1v) is 11.6. The number of hydrogen-bond acceptors (Lipinski definition) is 10. The third kappa shape index (κ3) is 3.53. The van der Waals surface area contributed by atoms with Crippen LogP contribution < -0.4 is 19.7 Å². The van der Waals surface area contributed by atoms with Gasteiger partial charge in [-0.3, -0.25) is 20.2 Å². The fourth-order valence-electron chi connectivity index (χ4n) is 3.92. The van der Waals surface area contributed by atoms with Crippen molar-refractivity contribution in [1.29, 1.82) is 0 Å². The maximum atomic E-state index is 12.9. The van der Waals surface area contributed by atoms with Crippen LogP contribution in [0.1, 0.15) is 12.8 Å². The standard InChI is InChI=1S/C20H16N6O7S/c27-17-20(18(28)24-19(29)23-17)8-1-9-34(30,31)26(20)13-4-7-15(21-10-13)33-14-5-2-12(3-6-14)16-25-22-11-32-16/h2-7,10-11H,1,8-9H2,(H2,23,24,27,28,29). The van der Waals surface area contributed by atoms with E-state index in [1.165, 1.54) is 24.7 Å². The third-order valence-corrected chi connectivity index (χ3v) is 7.29. The molecular formula is C20H16N6O7S. The summed E-state index contributed by atoms with van der Waals surface area (Å²) in [6.07, 6.45) is 2.38. The molecule has 14 heteroatoms. The third-order valence-electron chi connectivity index (χ3n) is 5.41. The summed E-state index contributed by atoms with van der Waals surface area (Å²) in [5, 5.41) is 11.4. The van der Waals surface area contributed by atoms with Crippen molar-refractivity contribution in [1.82, 2.24) is 25.8 Å². The predicted molar refractivity (Wildman–Crippen MR) is 114 cm³/mol. The van der Waals surface area contributed by atoms with E-state index in [1.54, 1.807) is 24.3 Å². The molecule has 2 N–H and O–H groups in total. The first-order chi connectivity index (χ1) is 16.3. The molecule has 2 saturated heterocycles. The first kappa shape index (κ1) is 21.5. The Morgan fingerprint density at radius 2 is 1.76 bits per heavy atom. The minimum atomic E-state index is -4.07. The van der Waals surface area contributed by atoms with Gasteiger partial charge < -0.3 is 9.15 Å². The fourth-order valence-corrected chi connectivity index (χ4v) is 5.77. The number of aromatic nitrogens is 3. The summed E-state index contributed by atoms with van der Waals surface area (Å²) in [6.45, 7) is 0. The van der Waals surface area contributed by atoms with Crippen molar-refractivity contribution in [2.75, 3.05) is 10.1 Å². The Labute approximate surface area is 192 Å². The lowest BCUT2D eigenvalue weighted by Crippen LogP contribution is -2.75. The van der Waals surface area contributed by atoms with Gasteiger partial charge in [-0.25, -0.2) is 22.5 Å². The van der Waals surface area contributed by atoms with E-state index < -0.39 is 33.4 Å². The first-order valence-electron chi connectivity index (χ1n) is 10.0. The summed E-state index contributed by atoms with van der Waals surface area (Å²) in [4.78, 5) is 41.1. The van der Waals surface area contributed by atoms with Crippen LogP contribution in [0.3, 0.4) is 0 Å². The summed E-state index contributed by atoms with van der Waals surface area (Å²) in [7, 11) is -4.07. The molecule has 0 saturated carbocycles. The second kappa shape index (κ2) is 7.91. The van der Waals surface area contributed by atoms with E-state index in [4.69, 9.17) is 9.15 Å². The van der Waals surface area contributed by atoms with Crippen molar-refractivity contribution in [3.8, 4) is 23.1 Å². The molecule has 174 valence electrons. The van der Waals surface area contributed by atoms with Gasteiger partial charge in [-0.15, -0.1) is 10.2 Å². The van der Waals surface area contributed by atoms with Crippen LogP contribution in [0.2, 0.25) is 0 Å². The molecule has 0 aliphatic carbocycles. The largest absolute Gasteiger partial charge is 0.439 e. The van der Waals surface area contributed by atoms with Gasteiger partial charge in [0.1, 0.15) is 5.75 Å². The number of anilines is 1. The average Bonchev–Trinajstić information content (AvgIpc) is 3.33. The second-order valence-corrected chi connectivity index (χ2v) is 9.44. The van der Waals surface area contributed by atoms with Gasteiger partial charge in [0.15, 0.2) is 0 Å². The maximum Gasteiger partial charge on any atom is 0.328 e. The molecule has 1 spiro atoms. The van der Waals surface area contributed by atoms with Crippen molar-refractivity contribution in [2.24, 2.45) is 0 Å². The lowest BCUT2D eigenvalue weighted by atomic mass is 9.89. The van der Waals surface area contributed by atoms with Crippen LogP contribution in [0.5, 0.6) is 11.6 Å². The van der Waals surface area contributed by atoms with E-state index >= 15 is 0 Å². The molecule has 4 amide bonds. The molecule has 2 aliphatic rings. The second-order valence-electron chi connectivity index (χ2n) is 7.51. The van der Waals surface area contributed by atoms with E-state index in [9.17, 15) is 22.8 Å². The summed E-state index contributed by atoms with van der Waals surface area (Å²) in [6, 6.07) is 8.51. The molecule has 2 aromatic heterocycles. The maximum absolute atomic E-state index is 12.9. The predicted octanol–water partition coefficient (Wildman–Crippen LogP) is 0.959. The SMILES string of the molecule is O=C1NC(=O)C2(CCCS(=O)(=O)N2c2ccc(Oc3ccc(-c4nnco4)cc3)nc2)C(=O)N1.